The number of aromatic nitrogens is 1. The lowest BCUT2D eigenvalue weighted by Crippen LogP contribution is -2.42. The van der Waals surface area contributed by atoms with Crippen LogP contribution < -0.4 is 15.0 Å². The van der Waals surface area contributed by atoms with Gasteiger partial charge in [-0.1, -0.05) is 6.07 Å². The summed E-state index contributed by atoms with van der Waals surface area (Å²) in [7, 11) is 0. The Bertz CT molecular complexity index is 894. The van der Waals surface area contributed by atoms with Crippen LogP contribution in [0.5, 0.6) is 5.75 Å². The van der Waals surface area contributed by atoms with Crippen LogP contribution in [0.25, 0.3) is 0 Å². The van der Waals surface area contributed by atoms with Crippen LogP contribution in [-0.2, 0) is 11.0 Å². The van der Waals surface area contributed by atoms with Gasteiger partial charge in [-0.25, -0.2) is 9.37 Å². The Morgan fingerprint density at radius 3 is 2.59 bits per heavy atom. The second-order valence-electron chi connectivity index (χ2n) is 7.19. The smallest absolute Gasteiger partial charge is 0.417 e. The van der Waals surface area contributed by atoms with E-state index in [2.05, 4.69) is 10.3 Å². The molecule has 4 rings (SSSR count). The summed E-state index contributed by atoms with van der Waals surface area (Å²) in [5, 5.41) is 2.86. The number of nitrogens with one attached hydrogen (secondary N) is 1. The van der Waals surface area contributed by atoms with E-state index in [4.69, 9.17) is 4.74 Å². The molecule has 1 fully saturated rings. The summed E-state index contributed by atoms with van der Waals surface area (Å²) in [6, 6.07) is 6.39. The standard InChI is InChI=1S/C20H19F4N3O2/c21-14-2-1-3-16-18(14)15(11-29-16)26-19(28)12-6-8-27(9-7-12)17-5-4-13(10-25-17)20(22,23)24/h1-5,10,12,15H,6-9,11H2,(H,26,28). The molecule has 1 saturated heterocycles. The van der Waals surface area contributed by atoms with Crippen LogP contribution in [0.3, 0.4) is 0 Å². The van der Waals surface area contributed by atoms with Gasteiger partial charge in [-0.3, -0.25) is 4.79 Å². The Hall–Kier alpha value is -2.84. The van der Waals surface area contributed by atoms with Crippen molar-refractivity contribution in [2.75, 3.05) is 24.6 Å². The molecule has 0 radical (unpaired) electrons. The number of fused-ring (bicyclic) bond motifs is 1. The van der Waals surface area contributed by atoms with Crippen LogP contribution in [-0.4, -0.2) is 30.6 Å². The third-order valence-electron chi connectivity index (χ3n) is 5.35. The molecule has 0 saturated carbocycles. The zero-order chi connectivity index (χ0) is 20.6. The predicted octanol–water partition coefficient (Wildman–Crippen LogP) is 3.71. The highest BCUT2D eigenvalue weighted by Gasteiger charge is 2.33. The second-order valence-corrected chi connectivity index (χ2v) is 7.19. The number of piperidine rings is 1. The Balaban J connectivity index is 1.34. The summed E-state index contributed by atoms with van der Waals surface area (Å²) in [6.45, 7) is 1.20. The van der Waals surface area contributed by atoms with E-state index in [1.165, 1.54) is 12.1 Å². The number of amides is 1. The van der Waals surface area contributed by atoms with Crippen LogP contribution in [0.1, 0.15) is 30.0 Å². The van der Waals surface area contributed by atoms with Crippen molar-refractivity contribution in [2.24, 2.45) is 5.92 Å². The molecular formula is C20H19F4N3O2. The molecule has 1 aromatic heterocycles. The number of carbonyl (C=O) groups excluding carboxylic acids is 1. The quantitative estimate of drug-likeness (QED) is 0.786. The molecule has 2 aromatic rings. The third-order valence-corrected chi connectivity index (χ3v) is 5.35. The molecule has 0 aliphatic carbocycles. The molecule has 0 spiro atoms. The van der Waals surface area contributed by atoms with Crippen molar-refractivity contribution < 1.29 is 27.1 Å². The minimum absolute atomic E-state index is 0.172. The molecule has 1 amide bonds. The van der Waals surface area contributed by atoms with Crippen molar-refractivity contribution in [3.05, 3.63) is 53.5 Å². The average Bonchev–Trinajstić information content (AvgIpc) is 3.12. The number of pyridine rings is 1. The summed E-state index contributed by atoms with van der Waals surface area (Å²) >= 11 is 0. The molecule has 1 N–H and O–H groups in total. The fraction of sp³-hybridized carbons (Fsp3) is 0.400. The van der Waals surface area contributed by atoms with Gasteiger partial charge in [0.25, 0.3) is 0 Å². The maximum atomic E-state index is 14.1. The number of hydrogen-bond donors (Lipinski definition) is 1. The van der Waals surface area contributed by atoms with Crippen LogP contribution >= 0.6 is 0 Å². The molecule has 1 unspecified atom stereocenters. The number of benzene rings is 1. The van der Waals surface area contributed by atoms with E-state index < -0.39 is 23.6 Å². The van der Waals surface area contributed by atoms with E-state index in [1.807, 2.05) is 4.90 Å². The first kappa shape index (κ1) is 19.5. The van der Waals surface area contributed by atoms with E-state index in [0.717, 1.165) is 12.3 Å². The van der Waals surface area contributed by atoms with Crippen LogP contribution in [0.2, 0.25) is 0 Å². The van der Waals surface area contributed by atoms with E-state index in [0.29, 0.717) is 43.1 Å². The van der Waals surface area contributed by atoms with Crippen molar-refractivity contribution in [3.8, 4) is 5.75 Å². The summed E-state index contributed by atoms with van der Waals surface area (Å²) < 4.78 is 57.5. The van der Waals surface area contributed by atoms with Gasteiger partial charge in [-0.05, 0) is 37.1 Å². The fourth-order valence-electron chi connectivity index (χ4n) is 3.75. The molecule has 2 aliphatic heterocycles. The minimum Gasteiger partial charge on any atom is -0.491 e. The van der Waals surface area contributed by atoms with Gasteiger partial charge >= 0.3 is 6.18 Å². The van der Waals surface area contributed by atoms with Crippen LogP contribution in [0, 0.1) is 11.7 Å². The Kier molecular flexibility index (Phi) is 5.06. The Morgan fingerprint density at radius 2 is 1.93 bits per heavy atom. The summed E-state index contributed by atoms with van der Waals surface area (Å²) in [5.41, 5.74) is -0.422. The number of rotatable bonds is 3. The van der Waals surface area contributed by atoms with Gasteiger partial charge < -0.3 is 15.0 Å². The van der Waals surface area contributed by atoms with Crippen LogP contribution in [0.15, 0.2) is 36.5 Å². The van der Waals surface area contributed by atoms with Crippen molar-refractivity contribution in [2.45, 2.75) is 25.1 Å². The number of alkyl halides is 3. The molecule has 3 heterocycles. The maximum Gasteiger partial charge on any atom is 0.417 e. The number of halogens is 4. The van der Waals surface area contributed by atoms with Crippen LogP contribution in [0.4, 0.5) is 23.4 Å². The third kappa shape index (κ3) is 3.99. The van der Waals surface area contributed by atoms with Crippen molar-refractivity contribution in [1.29, 1.82) is 0 Å². The van der Waals surface area contributed by atoms with Gasteiger partial charge in [0.1, 0.15) is 24.0 Å². The maximum absolute atomic E-state index is 14.1. The highest BCUT2D eigenvalue weighted by molar-refractivity contribution is 5.79. The summed E-state index contributed by atoms with van der Waals surface area (Å²) in [4.78, 5) is 18.4. The fourth-order valence-corrected chi connectivity index (χ4v) is 3.75. The average molecular weight is 409 g/mol. The van der Waals surface area contributed by atoms with E-state index in [9.17, 15) is 22.4 Å². The van der Waals surface area contributed by atoms with Gasteiger partial charge in [0.05, 0.1) is 17.2 Å². The minimum atomic E-state index is -4.42. The first-order valence-electron chi connectivity index (χ1n) is 9.32. The number of carbonyl (C=O) groups is 1. The Morgan fingerprint density at radius 1 is 1.17 bits per heavy atom. The highest BCUT2D eigenvalue weighted by Crippen LogP contribution is 2.35. The number of nitrogens with zero attached hydrogens (tertiary/aromatic N) is 2. The molecule has 1 aromatic carbocycles. The zero-order valence-corrected chi connectivity index (χ0v) is 15.4. The van der Waals surface area contributed by atoms with E-state index in [1.54, 1.807) is 12.1 Å². The number of ether oxygens (including phenoxy) is 1. The van der Waals surface area contributed by atoms with Gasteiger partial charge in [0.15, 0.2) is 0 Å². The molecule has 154 valence electrons. The largest absolute Gasteiger partial charge is 0.491 e. The SMILES string of the molecule is O=C(NC1COc2cccc(F)c21)C1CCN(c2ccc(C(F)(F)F)cn2)CC1. The van der Waals surface area contributed by atoms with Crippen molar-refractivity contribution >= 4 is 11.7 Å². The molecule has 5 nitrogen and oxygen atoms in total. The number of anilines is 1. The molecule has 29 heavy (non-hydrogen) atoms. The van der Waals surface area contributed by atoms with E-state index in [-0.39, 0.29) is 18.4 Å². The van der Waals surface area contributed by atoms with Gasteiger partial charge in [-0.2, -0.15) is 13.2 Å². The lowest BCUT2D eigenvalue weighted by atomic mass is 9.95. The van der Waals surface area contributed by atoms with E-state index >= 15 is 0 Å². The van der Waals surface area contributed by atoms with Gasteiger partial charge in [-0.15, -0.1) is 0 Å². The topological polar surface area (TPSA) is 54.5 Å². The normalized spacial score (nSPS) is 19.6. The molecule has 9 heteroatoms. The molecular weight excluding hydrogens is 390 g/mol. The van der Waals surface area contributed by atoms with Gasteiger partial charge in [0.2, 0.25) is 5.91 Å². The molecule has 1 atom stereocenters. The molecule has 2 aliphatic rings. The first-order chi connectivity index (χ1) is 13.8. The van der Waals surface area contributed by atoms with Crippen molar-refractivity contribution in [3.63, 3.8) is 0 Å². The Labute approximate surface area is 164 Å². The predicted molar refractivity (Wildman–Crippen MR) is 97.0 cm³/mol. The number of hydrogen-bond acceptors (Lipinski definition) is 4. The zero-order valence-electron chi connectivity index (χ0n) is 15.4. The lowest BCUT2D eigenvalue weighted by Gasteiger charge is -2.32. The van der Waals surface area contributed by atoms with Gasteiger partial charge in [0, 0.05) is 25.2 Å². The summed E-state index contributed by atoms with van der Waals surface area (Å²) in [6.07, 6.45) is -2.53. The molecule has 0 bridgehead atoms. The first-order valence-corrected chi connectivity index (χ1v) is 9.32. The monoisotopic (exact) mass is 409 g/mol. The second kappa shape index (κ2) is 7.53. The summed E-state index contributed by atoms with van der Waals surface area (Å²) in [5.74, 6) is 0.0651. The highest BCUT2D eigenvalue weighted by atomic mass is 19.4. The lowest BCUT2D eigenvalue weighted by molar-refractivity contribution is -0.137. The van der Waals surface area contributed by atoms with Crippen molar-refractivity contribution in [1.82, 2.24) is 10.3 Å².